The van der Waals surface area contributed by atoms with E-state index in [9.17, 15) is 4.39 Å². The van der Waals surface area contributed by atoms with Gasteiger partial charge in [-0.1, -0.05) is 26.0 Å². The average Bonchev–Trinajstić information content (AvgIpc) is 2.38. The fourth-order valence-corrected chi connectivity index (χ4v) is 1.79. The van der Waals surface area contributed by atoms with Crippen LogP contribution in [0.15, 0.2) is 36.7 Å². The first-order valence-electron chi connectivity index (χ1n) is 6.20. The van der Waals surface area contributed by atoms with Crippen LogP contribution in [0.5, 0.6) is 0 Å². The molecule has 0 N–H and O–H groups in total. The van der Waals surface area contributed by atoms with Crippen molar-refractivity contribution in [3.8, 4) is 0 Å². The Morgan fingerprint density at radius 1 is 1.06 bits per heavy atom. The van der Waals surface area contributed by atoms with Crippen molar-refractivity contribution in [1.82, 2.24) is 9.97 Å². The highest BCUT2D eigenvalue weighted by Crippen LogP contribution is 2.13. The molecule has 1 aromatic heterocycles. The molecule has 0 spiro atoms. The van der Waals surface area contributed by atoms with Crippen LogP contribution in [0.25, 0.3) is 0 Å². The molecule has 1 aromatic carbocycles. The van der Waals surface area contributed by atoms with Gasteiger partial charge in [0.05, 0.1) is 0 Å². The summed E-state index contributed by atoms with van der Waals surface area (Å²) in [6.07, 6.45) is 3.35. The third-order valence-corrected chi connectivity index (χ3v) is 2.92. The molecule has 3 heteroatoms. The summed E-state index contributed by atoms with van der Waals surface area (Å²) in [7, 11) is 0. The van der Waals surface area contributed by atoms with Gasteiger partial charge < -0.3 is 0 Å². The maximum atomic E-state index is 12.8. The SMILES string of the molecule is CC(C)c1cc(CCc2ccc(F)cc2)ncn1. The van der Waals surface area contributed by atoms with E-state index in [4.69, 9.17) is 0 Å². The Hall–Kier alpha value is -1.77. The molecule has 0 atom stereocenters. The third-order valence-electron chi connectivity index (χ3n) is 2.92. The quantitative estimate of drug-likeness (QED) is 0.822. The second-order valence-electron chi connectivity index (χ2n) is 4.72. The summed E-state index contributed by atoms with van der Waals surface area (Å²) in [6, 6.07) is 8.68. The molecule has 0 radical (unpaired) electrons. The Bertz CT molecular complexity index is 506. The second-order valence-corrected chi connectivity index (χ2v) is 4.72. The molecule has 0 aliphatic heterocycles. The smallest absolute Gasteiger partial charge is 0.123 e. The van der Waals surface area contributed by atoms with Crippen LogP contribution in [-0.2, 0) is 12.8 Å². The lowest BCUT2D eigenvalue weighted by molar-refractivity contribution is 0.627. The van der Waals surface area contributed by atoms with Crippen molar-refractivity contribution in [2.75, 3.05) is 0 Å². The molecule has 1 heterocycles. The lowest BCUT2D eigenvalue weighted by Crippen LogP contribution is -1.99. The van der Waals surface area contributed by atoms with Crippen LogP contribution in [0.4, 0.5) is 4.39 Å². The minimum atomic E-state index is -0.192. The van der Waals surface area contributed by atoms with E-state index in [0.717, 1.165) is 29.8 Å². The van der Waals surface area contributed by atoms with Crippen molar-refractivity contribution in [2.45, 2.75) is 32.6 Å². The Morgan fingerprint density at radius 3 is 2.44 bits per heavy atom. The molecular weight excluding hydrogens is 227 g/mol. The maximum Gasteiger partial charge on any atom is 0.123 e. The van der Waals surface area contributed by atoms with Gasteiger partial charge in [0.25, 0.3) is 0 Å². The zero-order chi connectivity index (χ0) is 13.0. The monoisotopic (exact) mass is 244 g/mol. The maximum absolute atomic E-state index is 12.8. The molecule has 0 aliphatic rings. The molecule has 2 rings (SSSR count). The molecule has 0 saturated heterocycles. The van der Waals surface area contributed by atoms with Gasteiger partial charge in [0, 0.05) is 11.4 Å². The summed E-state index contributed by atoms with van der Waals surface area (Å²) < 4.78 is 12.8. The van der Waals surface area contributed by atoms with Gasteiger partial charge in [0.15, 0.2) is 0 Å². The van der Waals surface area contributed by atoms with Crippen molar-refractivity contribution >= 4 is 0 Å². The molecule has 0 saturated carbocycles. The van der Waals surface area contributed by atoms with Gasteiger partial charge in [-0.05, 0) is 42.5 Å². The summed E-state index contributed by atoms with van der Waals surface area (Å²) in [5.41, 5.74) is 3.23. The van der Waals surface area contributed by atoms with Crippen molar-refractivity contribution in [3.63, 3.8) is 0 Å². The largest absolute Gasteiger partial charge is 0.241 e. The number of hydrogen-bond donors (Lipinski definition) is 0. The van der Waals surface area contributed by atoms with Gasteiger partial charge in [-0.3, -0.25) is 0 Å². The summed E-state index contributed by atoms with van der Waals surface area (Å²) >= 11 is 0. The van der Waals surface area contributed by atoms with E-state index < -0.39 is 0 Å². The van der Waals surface area contributed by atoms with E-state index in [0.29, 0.717) is 5.92 Å². The van der Waals surface area contributed by atoms with Gasteiger partial charge in [0.1, 0.15) is 12.1 Å². The molecule has 0 fully saturated rings. The third kappa shape index (κ3) is 3.36. The Morgan fingerprint density at radius 2 is 1.78 bits per heavy atom. The minimum Gasteiger partial charge on any atom is -0.241 e. The van der Waals surface area contributed by atoms with Crippen LogP contribution in [0, 0.1) is 5.82 Å². The lowest BCUT2D eigenvalue weighted by Gasteiger charge is -2.06. The fourth-order valence-electron chi connectivity index (χ4n) is 1.79. The number of nitrogens with zero attached hydrogens (tertiary/aromatic N) is 2. The molecule has 0 amide bonds. The number of aryl methyl sites for hydroxylation is 2. The number of aromatic nitrogens is 2. The molecule has 2 nitrogen and oxygen atoms in total. The normalized spacial score (nSPS) is 10.9. The number of halogens is 1. The van der Waals surface area contributed by atoms with E-state index in [1.807, 2.05) is 18.2 Å². The molecule has 94 valence electrons. The predicted octanol–water partition coefficient (Wildman–Crippen LogP) is 3.52. The van der Waals surface area contributed by atoms with Crippen molar-refractivity contribution < 1.29 is 4.39 Å². The van der Waals surface area contributed by atoms with Crippen molar-refractivity contribution in [3.05, 3.63) is 59.4 Å². The number of hydrogen-bond acceptors (Lipinski definition) is 2. The highest BCUT2D eigenvalue weighted by Gasteiger charge is 2.03. The van der Waals surface area contributed by atoms with Crippen LogP contribution < -0.4 is 0 Å². The molecule has 0 unspecified atom stereocenters. The van der Waals surface area contributed by atoms with Crippen LogP contribution in [-0.4, -0.2) is 9.97 Å². The van der Waals surface area contributed by atoms with E-state index in [-0.39, 0.29) is 5.82 Å². The number of rotatable bonds is 4. The van der Waals surface area contributed by atoms with Gasteiger partial charge in [-0.15, -0.1) is 0 Å². The van der Waals surface area contributed by atoms with Crippen LogP contribution in [0.2, 0.25) is 0 Å². The molecule has 0 aliphatic carbocycles. The minimum absolute atomic E-state index is 0.192. The van der Waals surface area contributed by atoms with Crippen LogP contribution in [0.3, 0.4) is 0 Å². The summed E-state index contributed by atoms with van der Waals surface area (Å²) in [4.78, 5) is 8.51. The van der Waals surface area contributed by atoms with Crippen molar-refractivity contribution in [2.24, 2.45) is 0 Å². The Kier molecular flexibility index (Phi) is 4.03. The molecule has 0 bridgehead atoms. The highest BCUT2D eigenvalue weighted by atomic mass is 19.1. The topological polar surface area (TPSA) is 25.8 Å². The first kappa shape index (κ1) is 12.7. The summed E-state index contributed by atoms with van der Waals surface area (Å²) in [5, 5.41) is 0. The zero-order valence-corrected chi connectivity index (χ0v) is 10.7. The van der Waals surface area contributed by atoms with E-state index in [2.05, 4.69) is 23.8 Å². The van der Waals surface area contributed by atoms with Crippen LogP contribution in [0.1, 0.15) is 36.7 Å². The lowest BCUT2D eigenvalue weighted by atomic mass is 10.1. The first-order valence-corrected chi connectivity index (χ1v) is 6.20. The standard InChI is InChI=1S/C15H17FN2/c1-11(2)15-9-14(17-10-18-15)8-5-12-3-6-13(16)7-4-12/h3-4,6-7,9-11H,5,8H2,1-2H3. The predicted molar refractivity (Wildman–Crippen MR) is 69.9 cm³/mol. The second kappa shape index (κ2) is 5.71. The zero-order valence-electron chi connectivity index (χ0n) is 10.7. The van der Waals surface area contributed by atoms with Crippen molar-refractivity contribution in [1.29, 1.82) is 0 Å². The molecule has 2 aromatic rings. The Balaban J connectivity index is 2.01. The van der Waals surface area contributed by atoms with E-state index >= 15 is 0 Å². The average molecular weight is 244 g/mol. The summed E-state index contributed by atoms with van der Waals surface area (Å²) in [5.74, 6) is 0.223. The van der Waals surface area contributed by atoms with Crippen LogP contribution >= 0.6 is 0 Å². The highest BCUT2D eigenvalue weighted by molar-refractivity contribution is 5.18. The first-order chi connectivity index (χ1) is 8.65. The van der Waals surface area contributed by atoms with Gasteiger partial charge >= 0.3 is 0 Å². The molecular formula is C15H17FN2. The number of benzene rings is 1. The van der Waals surface area contributed by atoms with E-state index in [1.165, 1.54) is 12.1 Å². The molecule has 18 heavy (non-hydrogen) atoms. The fraction of sp³-hybridized carbons (Fsp3) is 0.333. The van der Waals surface area contributed by atoms with E-state index in [1.54, 1.807) is 6.33 Å². The van der Waals surface area contributed by atoms with Gasteiger partial charge in [-0.25, -0.2) is 14.4 Å². The Labute approximate surface area is 107 Å². The van der Waals surface area contributed by atoms with Gasteiger partial charge in [0.2, 0.25) is 0 Å². The summed E-state index contributed by atoms with van der Waals surface area (Å²) in [6.45, 7) is 4.23. The van der Waals surface area contributed by atoms with Gasteiger partial charge in [-0.2, -0.15) is 0 Å².